The minimum Gasteiger partial charge on any atom is -0.497 e. The van der Waals surface area contributed by atoms with E-state index in [1.807, 2.05) is 29.1 Å². The first kappa shape index (κ1) is 18.1. The lowest BCUT2D eigenvalue weighted by molar-refractivity contribution is -0.870. The number of carbonyl (C=O) groups excluding carboxylic acids is 1. The zero-order valence-corrected chi connectivity index (χ0v) is 15.3. The SMILES string of the molecule is COc1ccc2c(c1)c(CCNC(C)=O)cn2OCC[N+](C)(C)C. The maximum atomic E-state index is 11.1. The van der Waals surface area contributed by atoms with Crippen molar-refractivity contribution in [1.29, 1.82) is 0 Å². The van der Waals surface area contributed by atoms with Crippen LogP contribution in [0.15, 0.2) is 24.4 Å². The fourth-order valence-electron chi connectivity index (χ4n) is 2.46. The molecule has 24 heavy (non-hydrogen) atoms. The highest BCUT2D eigenvalue weighted by molar-refractivity contribution is 5.85. The van der Waals surface area contributed by atoms with Crippen LogP contribution in [0.25, 0.3) is 10.9 Å². The predicted molar refractivity (Wildman–Crippen MR) is 95.2 cm³/mol. The first-order valence-corrected chi connectivity index (χ1v) is 8.16. The molecule has 0 aliphatic carbocycles. The fourth-order valence-corrected chi connectivity index (χ4v) is 2.46. The van der Waals surface area contributed by atoms with Crippen LogP contribution in [0.3, 0.4) is 0 Å². The molecule has 2 rings (SSSR count). The van der Waals surface area contributed by atoms with E-state index < -0.39 is 0 Å². The molecule has 1 aromatic heterocycles. The second kappa shape index (κ2) is 7.57. The van der Waals surface area contributed by atoms with Crippen LogP contribution in [-0.2, 0) is 11.2 Å². The van der Waals surface area contributed by atoms with E-state index in [4.69, 9.17) is 9.57 Å². The van der Waals surface area contributed by atoms with Crippen LogP contribution < -0.4 is 14.9 Å². The maximum Gasteiger partial charge on any atom is 0.216 e. The van der Waals surface area contributed by atoms with Crippen LogP contribution in [0.2, 0.25) is 0 Å². The van der Waals surface area contributed by atoms with E-state index in [9.17, 15) is 4.79 Å². The summed E-state index contributed by atoms with van der Waals surface area (Å²) in [5.41, 5.74) is 2.14. The first-order chi connectivity index (χ1) is 11.3. The number of quaternary nitrogens is 1. The summed E-state index contributed by atoms with van der Waals surface area (Å²) in [6.07, 6.45) is 2.75. The summed E-state index contributed by atoms with van der Waals surface area (Å²) in [7, 11) is 8.08. The average molecular weight is 334 g/mol. The van der Waals surface area contributed by atoms with Crippen molar-refractivity contribution >= 4 is 16.8 Å². The van der Waals surface area contributed by atoms with Crippen LogP contribution in [0.1, 0.15) is 12.5 Å². The van der Waals surface area contributed by atoms with E-state index in [1.165, 1.54) is 6.92 Å². The Labute approximate surface area is 143 Å². The van der Waals surface area contributed by atoms with E-state index in [1.54, 1.807) is 7.11 Å². The van der Waals surface area contributed by atoms with Crippen molar-refractivity contribution in [2.45, 2.75) is 13.3 Å². The molecule has 0 aliphatic rings. The molecule has 0 saturated carbocycles. The molecule has 1 aromatic carbocycles. The molecule has 0 fully saturated rings. The first-order valence-electron chi connectivity index (χ1n) is 8.16. The number of ether oxygens (including phenoxy) is 1. The topological polar surface area (TPSA) is 52.5 Å². The normalized spacial score (nSPS) is 11.5. The monoisotopic (exact) mass is 334 g/mol. The molecule has 1 N–H and O–H groups in total. The van der Waals surface area contributed by atoms with Crippen molar-refractivity contribution < 1.29 is 18.9 Å². The van der Waals surface area contributed by atoms with Gasteiger partial charge in [0, 0.05) is 25.1 Å². The van der Waals surface area contributed by atoms with E-state index in [0.29, 0.717) is 13.2 Å². The van der Waals surface area contributed by atoms with Crippen LogP contribution in [0.4, 0.5) is 0 Å². The van der Waals surface area contributed by atoms with E-state index >= 15 is 0 Å². The molecule has 132 valence electrons. The Morgan fingerprint density at radius 3 is 2.67 bits per heavy atom. The van der Waals surface area contributed by atoms with Crippen molar-refractivity contribution in [3.05, 3.63) is 30.0 Å². The lowest BCUT2D eigenvalue weighted by Gasteiger charge is -2.23. The van der Waals surface area contributed by atoms with Crippen LogP contribution in [0, 0.1) is 0 Å². The van der Waals surface area contributed by atoms with Crippen LogP contribution >= 0.6 is 0 Å². The van der Waals surface area contributed by atoms with Crippen LogP contribution in [0.5, 0.6) is 5.75 Å². The Hall–Kier alpha value is -2.21. The third-order valence-corrected chi connectivity index (χ3v) is 3.82. The number of hydrogen-bond acceptors (Lipinski definition) is 3. The Kier molecular flexibility index (Phi) is 5.72. The van der Waals surface area contributed by atoms with E-state index in [-0.39, 0.29) is 5.91 Å². The highest BCUT2D eigenvalue weighted by Crippen LogP contribution is 2.25. The second-order valence-corrected chi connectivity index (χ2v) is 6.94. The molecule has 0 bridgehead atoms. The standard InChI is InChI=1S/C18H27N3O3/c1-14(22)19-9-8-15-13-20(24-11-10-21(2,3)4)18-7-6-16(23-5)12-17(15)18/h6-7,12-13H,8-11H2,1-5H3/p+1. The van der Waals surface area contributed by atoms with Crippen molar-refractivity contribution in [2.24, 2.45) is 0 Å². The van der Waals surface area contributed by atoms with Gasteiger partial charge < -0.3 is 19.4 Å². The number of carbonyl (C=O) groups is 1. The van der Waals surface area contributed by atoms with Crippen LogP contribution in [-0.4, -0.2) is 63.1 Å². The molecule has 0 atom stereocenters. The smallest absolute Gasteiger partial charge is 0.216 e. The van der Waals surface area contributed by atoms with Gasteiger partial charge in [-0.1, -0.05) is 0 Å². The molecule has 0 spiro atoms. The summed E-state index contributed by atoms with van der Waals surface area (Å²) >= 11 is 0. The zero-order valence-electron chi connectivity index (χ0n) is 15.3. The van der Waals surface area contributed by atoms with Gasteiger partial charge in [0.1, 0.15) is 12.3 Å². The molecular weight excluding hydrogens is 306 g/mol. The Bertz CT molecular complexity index is 701. The highest BCUT2D eigenvalue weighted by Gasteiger charge is 2.12. The quantitative estimate of drug-likeness (QED) is 0.744. The van der Waals surface area contributed by atoms with Gasteiger partial charge in [-0.15, -0.1) is 0 Å². The lowest BCUT2D eigenvalue weighted by Crippen LogP contribution is -2.39. The Morgan fingerprint density at radius 2 is 2.04 bits per heavy atom. The summed E-state index contributed by atoms with van der Waals surface area (Å²) in [5, 5.41) is 3.92. The zero-order chi connectivity index (χ0) is 17.7. The summed E-state index contributed by atoms with van der Waals surface area (Å²) in [4.78, 5) is 17.0. The van der Waals surface area contributed by atoms with E-state index in [0.717, 1.165) is 39.7 Å². The van der Waals surface area contributed by atoms with Gasteiger partial charge in [-0.2, -0.15) is 4.73 Å². The third kappa shape index (κ3) is 4.89. The van der Waals surface area contributed by atoms with Crippen molar-refractivity contribution in [1.82, 2.24) is 10.0 Å². The number of fused-ring (bicyclic) bond motifs is 1. The number of likely N-dealkylation sites (N-methyl/N-ethyl adjacent to an activating group) is 1. The number of nitrogens with zero attached hydrogens (tertiary/aromatic N) is 2. The lowest BCUT2D eigenvalue weighted by atomic mass is 10.1. The molecule has 1 heterocycles. The maximum absolute atomic E-state index is 11.1. The van der Waals surface area contributed by atoms with E-state index in [2.05, 4.69) is 26.5 Å². The Balaban J connectivity index is 2.22. The minimum atomic E-state index is -0.0180. The summed E-state index contributed by atoms with van der Waals surface area (Å²) in [6.45, 7) is 3.67. The molecular formula is C18H28N3O3+. The van der Waals surface area contributed by atoms with Gasteiger partial charge in [0.25, 0.3) is 0 Å². The number of hydrogen-bond donors (Lipinski definition) is 1. The molecule has 6 heteroatoms. The highest BCUT2D eigenvalue weighted by atomic mass is 16.7. The molecule has 0 aliphatic heterocycles. The summed E-state index contributed by atoms with van der Waals surface area (Å²) in [6, 6.07) is 5.94. The molecule has 2 aromatic rings. The van der Waals surface area contributed by atoms with Crippen molar-refractivity contribution in [3.63, 3.8) is 0 Å². The van der Waals surface area contributed by atoms with Gasteiger partial charge in [-0.05, 0) is 30.2 Å². The number of amides is 1. The number of aromatic nitrogens is 1. The predicted octanol–water partition coefficient (Wildman–Crippen LogP) is 1.46. The van der Waals surface area contributed by atoms with Gasteiger partial charge >= 0.3 is 0 Å². The second-order valence-electron chi connectivity index (χ2n) is 6.94. The molecule has 1 amide bonds. The summed E-state index contributed by atoms with van der Waals surface area (Å²) in [5.74, 6) is 0.794. The molecule has 0 unspecified atom stereocenters. The minimum absolute atomic E-state index is 0.0180. The number of nitrogens with one attached hydrogen (secondary N) is 1. The summed E-state index contributed by atoms with van der Waals surface area (Å²) < 4.78 is 8.01. The molecule has 0 radical (unpaired) electrons. The number of rotatable bonds is 8. The Morgan fingerprint density at radius 1 is 1.29 bits per heavy atom. The van der Waals surface area contributed by atoms with Crippen molar-refractivity contribution in [2.75, 3.05) is 47.9 Å². The average Bonchev–Trinajstić information content (AvgIpc) is 2.83. The van der Waals surface area contributed by atoms with Gasteiger partial charge in [0.2, 0.25) is 5.91 Å². The van der Waals surface area contributed by atoms with Gasteiger partial charge in [-0.3, -0.25) is 4.79 Å². The molecule has 0 saturated heterocycles. The number of benzene rings is 1. The van der Waals surface area contributed by atoms with Crippen molar-refractivity contribution in [3.8, 4) is 5.75 Å². The fraction of sp³-hybridized carbons (Fsp3) is 0.500. The third-order valence-electron chi connectivity index (χ3n) is 3.82. The van der Waals surface area contributed by atoms with Gasteiger partial charge in [0.05, 0.1) is 33.8 Å². The molecule has 6 nitrogen and oxygen atoms in total. The largest absolute Gasteiger partial charge is 0.497 e. The van der Waals surface area contributed by atoms with Gasteiger partial charge in [-0.25, -0.2) is 0 Å². The number of methoxy groups -OCH3 is 1. The van der Waals surface area contributed by atoms with Gasteiger partial charge in [0.15, 0.2) is 6.61 Å².